The minimum Gasteiger partial charge on any atom is -0.394 e. The number of rotatable bonds is 30. The third-order valence-corrected chi connectivity index (χ3v) is 20.8. The molecular formula is C64H107N5O46. The molecule has 9 rings (SSSR count). The van der Waals surface area contributed by atoms with Crippen LogP contribution in [0.15, 0.2) is 0 Å². The first-order chi connectivity index (χ1) is 54.4. The fourth-order valence-corrected chi connectivity index (χ4v) is 14.9. The van der Waals surface area contributed by atoms with E-state index in [0.717, 1.165) is 34.6 Å². The lowest BCUT2D eigenvalue weighted by Crippen LogP contribution is -2.71. The van der Waals surface area contributed by atoms with Crippen molar-refractivity contribution in [2.24, 2.45) is 0 Å². The summed E-state index contributed by atoms with van der Waals surface area (Å²) in [5.74, 6) is -4.51. The average molecular weight is 1680 g/mol. The van der Waals surface area contributed by atoms with Gasteiger partial charge in [-0.3, -0.25) is 24.0 Å². The number of nitrogens with one attached hydrogen (secondary N) is 5. The highest BCUT2D eigenvalue weighted by Gasteiger charge is 2.62. The summed E-state index contributed by atoms with van der Waals surface area (Å²) in [6.45, 7) is -5.28. The van der Waals surface area contributed by atoms with Gasteiger partial charge in [0.1, 0.15) is 219 Å². The summed E-state index contributed by atoms with van der Waals surface area (Å²) in [6, 6.07) is -9.25. The molecule has 0 radical (unpaired) electrons. The lowest BCUT2D eigenvalue weighted by atomic mass is 9.93. The first kappa shape index (κ1) is 94.6. The quantitative estimate of drug-likeness (QED) is 0.0318. The highest BCUT2D eigenvalue weighted by atomic mass is 16.8. The molecule has 0 bridgehead atoms. The number of aliphatic hydroxyl groups excluding tert-OH is 24. The van der Waals surface area contributed by atoms with Gasteiger partial charge >= 0.3 is 0 Å². The van der Waals surface area contributed by atoms with Gasteiger partial charge in [-0.05, 0) is 0 Å². The van der Waals surface area contributed by atoms with Crippen LogP contribution in [0.3, 0.4) is 0 Å². The van der Waals surface area contributed by atoms with E-state index >= 15 is 0 Å². The van der Waals surface area contributed by atoms with Crippen molar-refractivity contribution < 1.29 is 227 Å². The summed E-state index contributed by atoms with van der Waals surface area (Å²) in [7, 11) is 0. The van der Waals surface area contributed by atoms with Crippen LogP contribution in [0.4, 0.5) is 0 Å². The van der Waals surface area contributed by atoms with E-state index in [-0.39, 0.29) is 0 Å². The molecule has 45 atom stereocenters. The molecule has 51 heteroatoms. The molecule has 1 unspecified atom stereocenters. The topological polar surface area (TPSA) is 788 Å². The second-order valence-corrected chi connectivity index (χ2v) is 28.9. The van der Waals surface area contributed by atoms with E-state index < -0.39 is 365 Å². The Balaban J connectivity index is 1.12. The summed E-state index contributed by atoms with van der Waals surface area (Å²) in [4.78, 5) is 63.6. The molecule has 29 N–H and O–H groups in total. The zero-order valence-electron chi connectivity index (χ0n) is 62.1. The fraction of sp³-hybridized carbons (Fsp3) is 0.922. The van der Waals surface area contributed by atoms with Crippen molar-refractivity contribution in [3.05, 3.63) is 0 Å². The molecule has 0 aromatic carbocycles. The number of carbonyl (C=O) groups is 5. The molecule has 115 heavy (non-hydrogen) atoms. The zero-order chi connectivity index (χ0) is 84.8. The Bertz CT molecular complexity index is 3100. The van der Waals surface area contributed by atoms with Gasteiger partial charge in [-0.25, -0.2) is 0 Å². The average Bonchev–Trinajstić information content (AvgIpc) is 0.761. The summed E-state index contributed by atoms with van der Waals surface area (Å²) < 4.78 is 102. The van der Waals surface area contributed by atoms with Gasteiger partial charge in [0.2, 0.25) is 29.5 Å². The Labute approximate surface area is 651 Å². The maximum Gasteiger partial charge on any atom is 0.217 e. The zero-order valence-corrected chi connectivity index (χ0v) is 62.1. The van der Waals surface area contributed by atoms with E-state index in [1.807, 2.05) is 0 Å². The minimum atomic E-state index is -2.64. The predicted octanol–water partition coefficient (Wildman–Crippen LogP) is -19.9. The number of hydrogen-bond donors (Lipinski definition) is 29. The first-order valence-corrected chi connectivity index (χ1v) is 36.6. The van der Waals surface area contributed by atoms with Crippen LogP contribution in [0, 0.1) is 0 Å². The summed E-state index contributed by atoms with van der Waals surface area (Å²) in [5, 5.41) is 281. The molecule has 0 aromatic rings. The van der Waals surface area contributed by atoms with E-state index in [1.165, 1.54) is 0 Å². The van der Waals surface area contributed by atoms with E-state index in [2.05, 4.69) is 26.6 Å². The second-order valence-electron chi connectivity index (χ2n) is 28.9. The molecule has 51 nitrogen and oxygen atoms in total. The van der Waals surface area contributed by atoms with Crippen LogP contribution in [0.2, 0.25) is 0 Å². The molecule has 0 saturated carbocycles. The van der Waals surface area contributed by atoms with Gasteiger partial charge in [0.15, 0.2) is 56.6 Å². The van der Waals surface area contributed by atoms with E-state index in [1.54, 1.807) is 0 Å². The predicted molar refractivity (Wildman–Crippen MR) is 355 cm³/mol. The summed E-state index contributed by atoms with van der Waals surface area (Å²) >= 11 is 0. The molecular weight excluding hydrogens is 1570 g/mol. The molecule has 9 fully saturated rings. The SMILES string of the molecule is CC(=O)N[C@H]1[C@H](O[C@H]2[C@H](O)[C@@H](NC(C)=O)C(O)O[C@@H]2CO)O[C@H](CO)[C@@H](O[C@@H]2O[C@H](CO[C@H]3O[C@H](CO)[C@@H](O)[C@H](O)[C@@H]3O[C@@H]3O[C@H](CO)[C@@H](O)[C@H](O)[C@H]3NC(C)=O)[C@@H](O)[C@H](O[C@H]3O[C@H](CO)[C@@H](O[C@@H]4O[C@H](CO)[C@@H](O)[C@H](O)[C@H]4NC(C)=O)[C@H](O)[C@@H]3O[C@@H]3O[C@H](CO)[C@@H](O[C@@H]4O[C@H](CO)[C@H](O)[C@H](O)[C@H]4O)[C@H](O)[C@H]3NC(C)=O)[C@@H]2O)[C@@H]1O. The molecule has 0 aliphatic carbocycles. The van der Waals surface area contributed by atoms with Crippen LogP contribution >= 0.6 is 0 Å². The summed E-state index contributed by atoms with van der Waals surface area (Å²) in [5.41, 5.74) is 0. The Kier molecular flexibility index (Phi) is 34.1. The molecule has 9 saturated heterocycles. The molecule has 0 spiro atoms. The van der Waals surface area contributed by atoms with Crippen LogP contribution < -0.4 is 26.6 Å². The lowest BCUT2D eigenvalue weighted by Gasteiger charge is -2.52. The molecule has 9 heterocycles. The Hall–Kier alpha value is -4.29. The molecule has 9 aliphatic heterocycles. The summed E-state index contributed by atoms with van der Waals surface area (Å²) in [6.07, 6.45) is -84.5. The number of amides is 5. The number of carbonyl (C=O) groups excluding carboxylic acids is 5. The van der Waals surface area contributed by atoms with Crippen LogP contribution in [-0.4, -0.2) is 488 Å². The molecule has 664 valence electrons. The van der Waals surface area contributed by atoms with E-state index in [4.69, 9.17) is 80.5 Å². The maximum absolute atomic E-state index is 13.2. The Morgan fingerprint density at radius 1 is 0.226 bits per heavy atom. The van der Waals surface area contributed by atoms with Gasteiger partial charge in [0, 0.05) is 34.6 Å². The third kappa shape index (κ3) is 21.3. The highest BCUT2D eigenvalue weighted by molar-refractivity contribution is 5.75. The monoisotopic (exact) mass is 1680 g/mol. The van der Waals surface area contributed by atoms with Crippen molar-refractivity contribution in [2.45, 2.75) is 311 Å². The third-order valence-electron chi connectivity index (χ3n) is 20.8. The number of aliphatic hydroxyl groups is 24. The molecule has 0 aromatic heterocycles. The van der Waals surface area contributed by atoms with E-state index in [9.17, 15) is 147 Å². The van der Waals surface area contributed by atoms with Gasteiger partial charge in [0.05, 0.1) is 59.5 Å². The van der Waals surface area contributed by atoms with Crippen molar-refractivity contribution in [3.8, 4) is 0 Å². The second kappa shape index (κ2) is 41.5. The number of hydrogen-bond acceptors (Lipinski definition) is 46. The molecule has 9 aliphatic rings. The van der Waals surface area contributed by atoms with Crippen molar-refractivity contribution in [1.82, 2.24) is 26.6 Å². The largest absolute Gasteiger partial charge is 0.394 e. The van der Waals surface area contributed by atoms with E-state index in [0.29, 0.717) is 0 Å². The fourth-order valence-electron chi connectivity index (χ4n) is 14.9. The lowest BCUT2D eigenvalue weighted by molar-refractivity contribution is -0.405. The van der Waals surface area contributed by atoms with Gasteiger partial charge in [-0.15, -0.1) is 0 Å². The van der Waals surface area contributed by atoms with Crippen LogP contribution in [0.25, 0.3) is 0 Å². The Morgan fingerprint density at radius 3 is 0.878 bits per heavy atom. The van der Waals surface area contributed by atoms with Crippen molar-refractivity contribution in [2.75, 3.05) is 59.5 Å². The van der Waals surface area contributed by atoms with Crippen LogP contribution in [-0.2, 0) is 104 Å². The van der Waals surface area contributed by atoms with Crippen LogP contribution in [0.5, 0.6) is 0 Å². The van der Waals surface area contributed by atoms with Crippen molar-refractivity contribution in [3.63, 3.8) is 0 Å². The van der Waals surface area contributed by atoms with Crippen molar-refractivity contribution in [1.29, 1.82) is 0 Å². The minimum absolute atomic E-state index is 0.796. The smallest absolute Gasteiger partial charge is 0.217 e. The first-order valence-electron chi connectivity index (χ1n) is 36.6. The van der Waals surface area contributed by atoms with Gasteiger partial charge in [-0.2, -0.15) is 0 Å². The van der Waals surface area contributed by atoms with Gasteiger partial charge < -0.3 is 230 Å². The Morgan fingerprint density at radius 2 is 0.487 bits per heavy atom. The van der Waals surface area contributed by atoms with Gasteiger partial charge in [0.25, 0.3) is 0 Å². The maximum atomic E-state index is 13.2. The number of ether oxygens (including phenoxy) is 17. The van der Waals surface area contributed by atoms with Crippen molar-refractivity contribution >= 4 is 29.5 Å². The van der Waals surface area contributed by atoms with Gasteiger partial charge in [-0.1, -0.05) is 0 Å². The highest BCUT2D eigenvalue weighted by Crippen LogP contribution is 2.41. The molecule has 5 amide bonds. The normalized spacial score (nSPS) is 47.9. The van der Waals surface area contributed by atoms with Crippen LogP contribution in [0.1, 0.15) is 34.6 Å². The standard InChI is InChI=1S/C64H107N5O46/c1-15(78)65-29-41(90)49(24(10-74)100-56(29)98)109-59-32(68-18(4)81)42(91)51(26(12-76)105-59)112-62-48(97)53(38(87)28(108-62)14-99-63-54(45(94)37(86)23(9-73)104-63)114-58-31(67-17(3)80)40(89)35(84)21(7-71)102-58)113-64-55(47(96)52(27(13-77)107-64)110-57-30(66-16(2)79)39(88)34(83)20(6-70)101-57)115-60-33(69-19(5)82)43(92)50(25(11-75)106-60)111-61-46(95)44(93)36(85)22(8-72)103-61/h20-64,70-77,83-98H,6-14H2,1-5H3,(H,65,78)(H,66,79)(H,67,80)(H,68,81)(H,69,82)/t20-,21-,22-,23-,24-,25-,26-,27-,28-,29-,30-,31-,32-,33-,34-,35-,36+,37-,38-,39-,40-,41-,42-,43-,44+,45+,46-,47+,48+,49-,50-,51-,52-,53+,54+,55+,56?,57+,58+,59+,60+,61+,62+,63+,64-/m1/s1.